The molecule has 0 aliphatic heterocycles. The molecule has 0 fully saturated rings. The van der Waals surface area contributed by atoms with Crippen LogP contribution in [0.15, 0.2) is 85.1 Å². The molecule has 0 aromatic carbocycles. The minimum absolute atomic E-state index is 0.156. The van der Waals surface area contributed by atoms with Crippen LogP contribution in [0.1, 0.15) is 104 Å². The number of hydrogen-bond acceptors (Lipinski definition) is 6. The van der Waals surface area contributed by atoms with Gasteiger partial charge in [-0.3, -0.25) is 14.1 Å². The van der Waals surface area contributed by atoms with E-state index in [0.717, 1.165) is 64.2 Å². The molecule has 9 heteroatoms. The smallest absolute Gasteiger partial charge is 0.462 e. The molecule has 1 unspecified atom stereocenters. The van der Waals surface area contributed by atoms with Crippen LogP contribution in [0.4, 0.5) is 0 Å². The van der Waals surface area contributed by atoms with Crippen LogP contribution in [-0.2, 0) is 28.2 Å². The highest BCUT2D eigenvalue weighted by atomic mass is 31.2. The van der Waals surface area contributed by atoms with E-state index in [9.17, 15) is 14.2 Å². The molecule has 0 spiro atoms. The molecule has 0 saturated carbocycles. The van der Waals surface area contributed by atoms with Gasteiger partial charge in [0.2, 0.25) is 0 Å². The standard InChI is InChI=1S/C35H55O8P/c1-3-5-7-9-11-13-15-17-19-21-23-25-27-29-34(36)41-31-33(32-42-44(38,39)40)43-35(37)30-28-26-24-22-20-18-16-14-12-10-8-6-4-2/h5-16,18,20,33H,3-4,17,19,21-32H2,1-2H3,(H2,38,39,40)/b7-5+,8-6+,11-9+,12-10+,15-13+,16-14+,20-18+. The van der Waals surface area contributed by atoms with E-state index >= 15 is 0 Å². The number of ether oxygens (including phenoxy) is 2. The van der Waals surface area contributed by atoms with Crippen molar-refractivity contribution in [2.24, 2.45) is 0 Å². The van der Waals surface area contributed by atoms with Crippen molar-refractivity contribution in [1.29, 1.82) is 0 Å². The quantitative estimate of drug-likeness (QED) is 0.0398. The van der Waals surface area contributed by atoms with Gasteiger partial charge in [-0.05, 0) is 51.4 Å². The lowest BCUT2D eigenvalue weighted by molar-refractivity contribution is -0.161. The predicted molar refractivity (Wildman–Crippen MR) is 179 cm³/mol. The Balaban J connectivity index is 4.18. The van der Waals surface area contributed by atoms with Crippen molar-refractivity contribution in [2.75, 3.05) is 13.2 Å². The van der Waals surface area contributed by atoms with Crippen LogP contribution in [0.5, 0.6) is 0 Å². The van der Waals surface area contributed by atoms with Crippen molar-refractivity contribution in [1.82, 2.24) is 0 Å². The Hall–Kier alpha value is -2.77. The van der Waals surface area contributed by atoms with Crippen molar-refractivity contribution in [3.63, 3.8) is 0 Å². The van der Waals surface area contributed by atoms with Gasteiger partial charge in [-0.25, -0.2) is 4.57 Å². The number of unbranched alkanes of at least 4 members (excludes halogenated alkanes) is 8. The van der Waals surface area contributed by atoms with Gasteiger partial charge in [-0.1, -0.05) is 125 Å². The number of rotatable bonds is 27. The number of phosphoric ester groups is 1. The first-order chi connectivity index (χ1) is 21.3. The Kier molecular flexibility index (Phi) is 28.4. The molecule has 1 atom stereocenters. The van der Waals surface area contributed by atoms with E-state index in [4.69, 9.17) is 19.3 Å². The minimum Gasteiger partial charge on any atom is -0.462 e. The van der Waals surface area contributed by atoms with Gasteiger partial charge >= 0.3 is 19.8 Å². The van der Waals surface area contributed by atoms with Gasteiger partial charge in [0.05, 0.1) is 6.61 Å². The largest absolute Gasteiger partial charge is 0.469 e. The predicted octanol–water partition coefficient (Wildman–Crippen LogP) is 8.95. The third kappa shape index (κ3) is 32.2. The summed E-state index contributed by atoms with van der Waals surface area (Å²) in [5, 5.41) is 0. The lowest BCUT2D eigenvalue weighted by Crippen LogP contribution is -2.29. The highest BCUT2D eigenvalue weighted by Crippen LogP contribution is 2.35. The SMILES string of the molecule is CC/C=C/C=C/C=C/C=C/CCCCCC(=O)OC(COC(=O)CCCCCCC/C=C/C=C/C=C/CC)COP(=O)(O)O. The van der Waals surface area contributed by atoms with Crippen molar-refractivity contribution in [2.45, 2.75) is 110 Å². The highest BCUT2D eigenvalue weighted by molar-refractivity contribution is 7.46. The average molecular weight is 635 g/mol. The summed E-state index contributed by atoms with van der Waals surface area (Å²) in [6.45, 7) is 3.31. The lowest BCUT2D eigenvalue weighted by atomic mass is 10.1. The lowest BCUT2D eigenvalue weighted by Gasteiger charge is -2.18. The molecular formula is C35H55O8P. The second kappa shape index (κ2) is 30.3. The van der Waals surface area contributed by atoms with Gasteiger partial charge in [0.1, 0.15) is 6.61 Å². The molecule has 0 heterocycles. The van der Waals surface area contributed by atoms with Gasteiger partial charge in [0.15, 0.2) is 6.10 Å². The summed E-state index contributed by atoms with van der Waals surface area (Å²) >= 11 is 0. The van der Waals surface area contributed by atoms with Crippen LogP contribution >= 0.6 is 7.82 Å². The van der Waals surface area contributed by atoms with Crippen molar-refractivity contribution in [3.05, 3.63) is 85.1 Å². The van der Waals surface area contributed by atoms with E-state index in [0.29, 0.717) is 12.8 Å². The maximum absolute atomic E-state index is 12.3. The Labute approximate surface area is 265 Å². The normalized spacial score (nSPS) is 13.6. The van der Waals surface area contributed by atoms with E-state index in [2.05, 4.69) is 48.8 Å². The Morgan fingerprint density at radius 3 is 1.55 bits per heavy atom. The zero-order valence-electron chi connectivity index (χ0n) is 26.8. The van der Waals surface area contributed by atoms with E-state index in [1.54, 1.807) is 0 Å². The first-order valence-electron chi connectivity index (χ1n) is 16.0. The van der Waals surface area contributed by atoms with Crippen molar-refractivity contribution in [3.8, 4) is 0 Å². The van der Waals surface area contributed by atoms with E-state index in [-0.39, 0.29) is 19.4 Å². The topological polar surface area (TPSA) is 119 Å². The van der Waals surface area contributed by atoms with E-state index in [1.807, 2.05) is 54.7 Å². The zero-order chi connectivity index (χ0) is 32.6. The molecule has 0 aromatic rings. The fourth-order valence-corrected chi connectivity index (χ4v) is 4.09. The van der Waals surface area contributed by atoms with Gasteiger partial charge < -0.3 is 19.3 Å². The monoisotopic (exact) mass is 634 g/mol. The van der Waals surface area contributed by atoms with Gasteiger partial charge in [0, 0.05) is 12.8 Å². The number of hydrogen-bond donors (Lipinski definition) is 2. The third-order valence-electron chi connectivity index (χ3n) is 6.06. The Bertz CT molecular complexity index is 985. The molecule has 0 aliphatic rings. The molecule has 0 rings (SSSR count). The van der Waals surface area contributed by atoms with E-state index in [1.165, 1.54) is 0 Å². The molecule has 0 bridgehead atoms. The average Bonchev–Trinajstić information content (AvgIpc) is 2.98. The number of carbonyl (C=O) groups is 2. The van der Waals surface area contributed by atoms with Crippen LogP contribution in [0.25, 0.3) is 0 Å². The summed E-state index contributed by atoms with van der Waals surface area (Å²) < 4.78 is 26.1. The number of esters is 2. The maximum atomic E-state index is 12.3. The second-order valence-corrected chi connectivity index (χ2v) is 11.4. The summed E-state index contributed by atoms with van der Waals surface area (Å²) in [4.78, 5) is 42.5. The van der Waals surface area contributed by atoms with Gasteiger partial charge in [-0.2, -0.15) is 0 Å². The second-order valence-electron chi connectivity index (χ2n) is 10.2. The summed E-state index contributed by atoms with van der Waals surface area (Å²) in [5.74, 6) is -0.969. The maximum Gasteiger partial charge on any atom is 0.469 e. The third-order valence-corrected chi connectivity index (χ3v) is 6.55. The fourth-order valence-electron chi connectivity index (χ4n) is 3.73. The summed E-state index contributed by atoms with van der Waals surface area (Å²) in [5.41, 5.74) is 0. The molecule has 0 aliphatic carbocycles. The van der Waals surface area contributed by atoms with Gasteiger partial charge in [-0.15, -0.1) is 0 Å². The molecule has 0 saturated heterocycles. The van der Waals surface area contributed by atoms with Crippen LogP contribution in [-0.4, -0.2) is 41.0 Å². The molecule has 8 nitrogen and oxygen atoms in total. The summed E-state index contributed by atoms with van der Waals surface area (Å²) in [6.07, 6.45) is 38.8. The molecule has 2 N–H and O–H groups in total. The Morgan fingerprint density at radius 1 is 0.591 bits per heavy atom. The number of carbonyl (C=O) groups excluding carboxylic acids is 2. The molecular weight excluding hydrogens is 579 g/mol. The zero-order valence-corrected chi connectivity index (χ0v) is 27.7. The van der Waals surface area contributed by atoms with Crippen LogP contribution in [0.2, 0.25) is 0 Å². The van der Waals surface area contributed by atoms with Gasteiger partial charge in [0.25, 0.3) is 0 Å². The molecule has 0 aromatic heterocycles. The molecule has 248 valence electrons. The molecule has 0 radical (unpaired) electrons. The number of allylic oxidation sites excluding steroid dienone is 14. The molecule has 44 heavy (non-hydrogen) atoms. The molecule has 0 amide bonds. The van der Waals surface area contributed by atoms with E-state index < -0.39 is 32.5 Å². The summed E-state index contributed by atoms with van der Waals surface area (Å²) in [6, 6.07) is 0. The minimum atomic E-state index is -4.77. The van der Waals surface area contributed by atoms with Crippen LogP contribution < -0.4 is 0 Å². The highest BCUT2D eigenvalue weighted by Gasteiger charge is 2.22. The van der Waals surface area contributed by atoms with Crippen molar-refractivity contribution < 1.29 is 37.9 Å². The fraction of sp³-hybridized carbons (Fsp3) is 0.543. The first-order valence-corrected chi connectivity index (χ1v) is 17.5. The van der Waals surface area contributed by atoms with Crippen LogP contribution in [0, 0.1) is 0 Å². The van der Waals surface area contributed by atoms with Crippen molar-refractivity contribution >= 4 is 19.8 Å². The number of phosphoric acid groups is 1. The first kappa shape index (κ1) is 41.2. The summed E-state index contributed by atoms with van der Waals surface area (Å²) in [7, 11) is -4.77. The van der Waals surface area contributed by atoms with Crippen LogP contribution in [0.3, 0.4) is 0 Å². The Morgan fingerprint density at radius 2 is 1.02 bits per heavy atom.